The van der Waals surface area contributed by atoms with Crippen molar-refractivity contribution in [2.75, 3.05) is 6.61 Å². The highest BCUT2D eigenvalue weighted by atomic mass is 32.2. The molecule has 3 N–H and O–H groups in total. The third-order valence-electron chi connectivity index (χ3n) is 3.48. The molecule has 0 bridgehead atoms. The summed E-state index contributed by atoms with van der Waals surface area (Å²) in [5.74, 6) is -1.31. The molecule has 1 rings (SSSR count). The van der Waals surface area contributed by atoms with Crippen LogP contribution in [0.1, 0.15) is 44.9 Å². The van der Waals surface area contributed by atoms with Crippen molar-refractivity contribution in [1.29, 1.82) is 0 Å². The lowest BCUT2D eigenvalue weighted by atomic mass is 9.90. The van der Waals surface area contributed by atoms with Gasteiger partial charge in [-0.15, -0.1) is 0 Å². The second-order valence-electron chi connectivity index (χ2n) is 6.45. The Kier molecular flexibility index (Phi) is 6.19. The van der Waals surface area contributed by atoms with Gasteiger partial charge in [0.15, 0.2) is 0 Å². The molecule has 1 aromatic carbocycles. The average Bonchev–Trinajstić information content (AvgIpc) is 2.44. The summed E-state index contributed by atoms with van der Waals surface area (Å²) >= 11 is 0. The van der Waals surface area contributed by atoms with Crippen LogP contribution in [0.3, 0.4) is 0 Å². The van der Waals surface area contributed by atoms with Crippen molar-refractivity contribution in [3.8, 4) is 0 Å². The molecule has 0 aromatic heterocycles. The van der Waals surface area contributed by atoms with E-state index in [4.69, 9.17) is 5.11 Å². The smallest absolute Gasteiger partial charge is 0.393 e. The Morgan fingerprint density at radius 3 is 2.21 bits per heavy atom. The molecule has 0 aliphatic heterocycles. The van der Waals surface area contributed by atoms with Crippen LogP contribution >= 0.6 is 0 Å². The number of hydrogen-bond donors (Lipinski definition) is 3. The zero-order valence-corrected chi connectivity index (χ0v) is 14.6. The van der Waals surface area contributed by atoms with E-state index < -0.39 is 51.5 Å². The van der Waals surface area contributed by atoms with Crippen molar-refractivity contribution < 1.29 is 32.0 Å². The summed E-state index contributed by atoms with van der Waals surface area (Å²) in [7, 11) is -1.57. The number of aliphatic hydroxyl groups is 2. The predicted molar refractivity (Wildman–Crippen MR) is 82.9 cm³/mol. The molecular formula is C15H21F4NO3S. The molecule has 1 aromatic rings. The molecule has 4 nitrogen and oxygen atoms in total. The highest BCUT2D eigenvalue weighted by molar-refractivity contribution is 7.84. The molecule has 0 heterocycles. The minimum absolute atomic E-state index is 0.193. The summed E-state index contributed by atoms with van der Waals surface area (Å²) < 4.78 is 67.7. The fraction of sp³-hybridized carbons (Fsp3) is 0.600. The van der Waals surface area contributed by atoms with Crippen LogP contribution in [0.4, 0.5) is 17.6 Å². The van der Waals surface area contributed by atoms with Gasteiger partial charge in [0, 0.05) is 17.2 Å². The molecule has 3 atom stereocenters. The molecule has 0 radical (unpaired) electrons. The van der Waals surface area contributed by atoms with Crippen LogP contribution in [0.5, 0.6) is 0 Å². The topological polar surface area (TPSA) is 69.6 Å². The molecule has 24 heavy (non-hydrogen) atoms. The van der Waals surface area contributed by atoms with E-state index in [9.17, 15) is 26.9 Å². The van der Waals surface area contributed by atoms with Crippen molar-refractivity contribution in [2.24, 2.45) is 0 Å². The van der Waals surface area contributed by atoms with Gasteiger partial charge in [-0.3, -0.25) is 0 Å². The number of nitrogens with one attached hydrogen (secondary N) is 1. The molecule has 0 saturated carbocycles. The maximum absolute atomic E-state index is 14.6. The van der Waals surface area contributed by atoms with Crippen LogP contribution in [-0.4, -0.2) is 32.0 Å². The van der Waals surface area contributed by atoms with E-state index in [1.165, 1.54) is 13.0 Å². The molecule has 0 amide bonds. The van der Waals surface area contributed by atoms with Crippen molar-refractivity contribution in [3.63, 3.8) is 0 Å². The molecule has 0 aliphatic rings. The number of alkyl halides is 3. The Labute approximate surface area is 140 Å². The van der Waals surface area contributed by atoms with Crippen molar-refractivity contribution in [3.05, 3.63) is 35.1 Å². The van der Waals surface area contributed by atoms with Gasteiger partial charge in [0.1, 0.15) is 5.82 Å². The van der Waals surface area contributed by atoms with Gasteiger partial charge in [0.2, 0.25) is 5.60 Å². The summed E-state index contributed by atoms with van der Waals surface area (Å²) in [4.78, 5) is 0. The van der Waals surface area contributed by atoms with Gasteiger partial charge < -0.3 is 10.2 Å². The van der Waals surface area contributed by atoms with Crippen molar-refractivity contribution in [1.82, 2.24) is 4.72 Å². The minimum Gasteiger partial charge on any atom is -0.393 e. The Balaban J connectivity index is 3.29. The largest absolute Gasteiger partial charge is 0.423 e. The van der Waals surface area contributed by atoms with Gasteiger partial charge in [-0.2, -0.15) is 13.2 Å². The highest BCUT2D eigenvalue weighted by Crippen LogP contribution is 2.40. The normalized spacial score (nSPS) is 18.1. The summed E-state index contributed by atoms with van der Waals surface area (Å²) in [6.45, 7) is 4.78. The monoisotopic (exact) mass is 371 g/mol. The highest BCUT2D eigenvalue weighted by Gasteiger charge is 2.56. The Bertz CT molecular complexity index is 616. The lowest BCUT2D eigenvalue weighted by molar-refractivity contribution is -0.278. The third kappa shape index (κ3) is 4.14. The molecule has 9 heteroatoms. The lowest BCUT2D eigenvalue weighted by Gasteiger charge is -2.30. The standard InChI is InChI=1S/C15H21F4NO3S/c1-9(20-24(23)13(2,3)4)10-6-5-7-11(12(10)16)14(22,8-21)15(17,18)19/h5-7,9,20-22H,8H2,1-4H3/t9-,14+,24-/m1/s1. The number of aliphatic hydroxyl groups excluding tert-OH is 1. The fourth-order valence-corrected chi connectivity index (χ4v) is 2.73. The van der Waals surface area contributed by atoms with E-state index in [1.807, 2.05) is 0 Å². The van der Waals surface area contributed by atoms with Crippen molar-refractivity contribution in [2.45, 2.75) is 50.3 Å². The van der Waals surface area contributed by atoms with Crippen LogP contribution in [0.25, 0.3) is 0 Å². The average molecular weight is 371 g/mol. The summed E-state index contributed by atoms with van der Waals surface area (Å²) in [6.07, 6.45) is -5.26. The van der Waals surface area contributed by atoms with E-state index in [0.717, 1.165) is 12.1 Å². The van der Waals surface area contributed by atoms with E-state index in [1.54, 1.807) is 20.8 Å². The van der Waals surface area contributed by atoms with Crippen LogP contribution in [0.15, 0.2) is 18.2 Å². The number of halogens is 4. The van der Waals surface area contributed by atoms with Crippen LogP contribution in [0, 0.1) is 5.82 Å². The summed E-state index contributed by atoms with van der Waals surface area (Å²) in [5, 5.41) is 18.7. The van der Waals surface area contributed by atoms with E-state index in [0.29, 0.717) is 0 Å². The summed E-state index contributed by atoms with van der Waals surface area (Å²) in [5.41, 5.74) is -4.98. The van der Waals surface area contributed by atoms with Gasteiger partial charge in [-0.25, -0.2) is 13.3 Å². The molecule has 0 aliphatic carbocycles. The first-order chi connectivity index (χ1) is 10.8. The second kappa shape index (κ2) is 7.07. The van der Waals surface area contributed by atoms with E-state index in [-0.39, 0.29) is 5.56 Å². The number of hydrogen-bond acceptors (Lipinski definition) is 3. The van der Waals surface area contributed by atoms with Crippen LogP contribution in [0.2, 0.25) is 0 Å². The number of rotatable bonds is 5. The quantitative estimate of drug-likeness (QED) is 0.697. The third-order valence-corrected chi connectivity index (χ3v) is 5.16. The maximum Gasteiger partial charge on any atom is 0.423 e. The molecule has 0 saturated heterocycles. The molecule has 0 unspecified atom stereocenters. The van der Waals surface area contributed by atoms with Gasteiger partial charge in [0.25, 0.3) is 0 Å². The predicted octanol–water partition coefficient (Wildman–Crippen LogP) is 2.68. The zero-order chi connectivity index (χ0) is 18.9. The van der Waals surface area contributed by atoms with Gasteiger partial charge in [-0.1, -0.05) is 18.2 Å². The van der Waals surface area contributed by atoms with E-state index in [2.05, 4.69) is 4.72 Å². The van der Waals surface area contributed by atoms with Gasteiger partial charge >= 0.3 is 6.18 Å². The maximum atomic E-state index is 14.6. The zero-order valence-electron chi connectivity index (χ0n) is 13.7. The van der Waals surface area contributed by atoms with Gasteiger partial charge in [0.05, 0.1) is 22.3 Å². The van der Waals surface area contributed by atoms with Crippen molar-refractivity contribution >= 4 is 11.0 Å². The minimum atomic E-state index is -5.26. The summed E-state index contributed by atoms with van der Waals surface area (Å²) in [6, 6.07) is 2.25. The Hall–Kier alpha value is -1.03. The van der Waals surface area contributed by atoms with Crippen LogP contribution in [-0.2, 0) is 16.6 Å². The molecule has 138 valence electrons. The molecule has 0 fully saturated rings. The first-order valence-corrected chi connectivity index (χ1v) is 8.27. The van der Waals surface area contributed by atoms with Crippen LogP contribution < -0.4 is 4.72 Å². The van der Waals surface area contributed by atoms with E-state index >= 15 is 0 Å². The first kappa shape index (κ1) is 21.0. The number of benzene rings is 1. The Morgan fingerprint density at radius 2 is 1.79 bits per heavy atom. The first-order valence-electron chi connectivity index (χ1n) is 7.12. The SMILES string of the molecule is C[C@@H](N[S@](=O)C(C)(C)C)c1cccc([C@@](O)(CO)C(F)(F)F)c1F. The fourth-order valence-electron chi connectivity index (χ4n) is 1.93. The second-order valence-corrected chi connectivity index (χ2v) is 8.44. The lowest BCUT2D eigenvalue weighted by Crippen LogP contribution is -2.46. The molecular weight excluding hydrogens is 350 g/mol. The molecule has 0 spiro atoms. The van der Waals surface area contributed by atoms with Gasteiger partial charge in [-0.05, 0) is 27.7 Å². The Morgan fingerprint density at radius 1 is 1.25 bits per heavy atom.